The third-order valence-corrected chi connectivity index (χ3v) is 2.11. The van der Waals surface area contributed by atoms with Crippen molar-refractivity contribution in [2.75, 3.05) is 0 Å². The maximum atomic E-state index is 11.5. The maximum Gasteiger partial charge on any atom is 0.259 e. The minimum Gasteiger partial charge on any atom is -0.299 e. The molecule has 0 aliphatic carbocycles. The van der Waals surface area contributed by atoms with Gasteiger partial charge in [-0.25, -0.2) is 0 Å². The quantitative estimate of drug-likeness (QED) is 0.815. The molecule has 0 saturated carbocycles. The molecule has 0 saturated heterocycles. The van der Waals surface area contributed by atoms with E-state index >= 15 is 0 Å². The van der Waals surface area contributed by atoms with Crippen LogP contribution in [0.2, 0.25) is 5.02 Å². The van der Waals surface area contributed by atoms with Crippen LogP contribution in [0.15, 0.2) is 24.3 Å². The van der Waals surface area contributed by atoms with Gasteiger partial charge in [0.2, 0.25) is 5.91 Å². The van der Waals surface area contributed by atoms with E-state index < -0.39 is 11.8 Å². The Morgan fingerprint density at radius 3 is 2.44 bits per heavy atom. The van der Waals surface area contributed by atoms with Crippen molar-refractivity contribution in [2.24, 2.45) is 0 Å². The zero-order valence-corrected chi connectivity index (χ0v) is 9.38. The molecule has 0 spiro atoms. The molecule has 0 aromatic heterocycles. The van der Waals surface area contributed by atoms with E-state index in [0.29, 0.717) is 0 Å². The SMILES string of the molecule is CC(=O)CC(=O)NC(=O)c1ccccc1Cl. The Kier molecular flexibility index (Phi) is 4.19. The van der Waals surface area contributed by atoms with Gasteiger partial charge in [0, 0.05) is 0 Å². The highest BCUT2D eigenvalue weighted by Crippen LogP contribution is 2.14. The lowest BCUT2D eigenvalue weighted by atomic mass is 10.2. The molecular weight excluding hydrogens is 230 g/mol. The number of hydrogen-bond acceptors (Lipinski definition) is 3. The minimum absolute atomic E-state index is 0.209. The van der Waals surface area contributed by atoms with Crippen molar-refractivity contribution in [3.05, 3.63) is 34.9 Å². The van der Waals surface area contributed by atoms with E-state index in [4.69, 9.17) is 11.6 Å². The van der Waals surface area contributed by atoms with Gasteiger partial charge >= 0.3 is 0 Å². The Morgan fingerprint density at radius 1 is 1.25 bits per heavy atom. The van der Waals surface area contributed by atoms with Gasteiger partial charge in [-0.1, -0.05) is 23.7 Å². The van der Waals surface area contributed by atoms with Crippen molar-refractivity contribution in [1.29, 1.82) is 0 Å². The summed E-state index contributed by atoms with van der Waals surface area (Å²) in [5.41, 5.74) is 0.209. The summed E-state index contributed by atoms with van der Waals surface area (Å²) in [4.78, 5) is 33.3. The Bertz CT molecular complexity index is 443. The number of carbonyl (C=O) groups is 3. The first kappa shape index (κ1) is 12.4. The van der Waals surface area contributed by atoms with Crippen molar-refractivity contribution >= 4 is 29.2 Å². The Hall–Kier alpha value is -1.68. The topological polar surface area (TPSA) is 63.2 Å². The maximum absolute atomic E-state index is 11.5. The molecule has 2 amide bonds. The molecule has 0 radical (unpaired) electrons. The van der Waals surface area contributed by atoms with Crippen molar-refractivity contribution < 1.29 is 14.4 Å². The van der Waals surface area contributed by atoms with Crippen LogP contribution in [0.4, 0.5) is 0 Å². The molecular formula is C11H10ClNO3. The van der Waals surface area contributed by atoms with Crippen LogP contribution in [0.5, 0.6) is 0 Å². The molecule has 0 bridgehead atoms. The standard InChI is InChI=1S/C11H10ClNO3/c1-7(14)6-10(15)13-11(16)8-4-2-3-5-9(8)12/h2-5H,6H2,1H3,(H,13,15,16). The smallest absolute Gasteiger partial charge is 0.259 e. The highest BCUT2D eigenvalue weighted by molar-refractivity contribution is 6.34. The average Bonchev–Trinajstić information content (AvgIpc) is 2.16. The van der Waals surface area contributed by atoms with Crippen LogP contribution in [0, 0.1) is 0 Å². The van der Waals surface area contributed by atoms with Crippen LogP contribution in [-0.4, -0.2) is 17.6 Å². The molecule has 4 nitrogen and oxygen atoms in total. The van der Waals surface area contributed by atoms with E-state index in [1.165, 1.54) is 13.0 Å². The lowest BCUT2D eigenvalue weighted by Crippen LogP contribution is -2.31. The summed E-state index contributed by atoms with van der Waals surface area (Å²) in [6.07, 6.45) is -0.309. The summed E-state index contributed by atoms with van der Waals surface area (Å²) < 4.78 is 0. The number of hydrogen-bond donors (Lipinski definition) is 1. The summed E-state index contributed by atoms with van der Waals surface area (Å²) >= 11 is 5.77. The highest BCUT2D eigenvalue weighted by Gasteiger charge is 2.13. The number of amides is 2. The molecule has 1 aromatic rings. The molecule has 1 aromatic carbocycles. The Balaban J connectivity index is 2.70. The van der Waals surface area contributed by atoms with Gasteiger partial charge in [0.05, 0.1) is 17.0 Å². The van der Waals surface area contributed by atoms with Gasteiger partial charge in [-0.15, -0.1) is 0 Å². The largest absolute Gasteiger partial charge is 0.299 e. The van der Waals surface area contributed by atoms with E-state index in [-0.39, 0.29) is 22.8 Å². The molecule has 84 valence electrons. The number of carbonyl (C=O) groups excluding carboxylic acids is 3. The van der Waals surface area contributed by atoms with E-state index in [9.17, 15) is 14.4 Å². The number of ketones is 1. The minimum atomic E-state index is -0.627. The van der Waals surface area contributed by atoms with Gasteiger partial charge in [-0.2, -0.15) is 0 Å². The molecule has 0 atom stereocenters. The molecule has 5 heteroatoms. The van der Waals surface area contributed by atoms with Crippen molar-refractivity contribution in [1.82, 2.24) is 5.32 Å². The zero-order valence-electron chi connectivity index (χ0n) is 8.62. The van der Waals surface area contributed by atoms with E-state index in [2.05, 4.69) is 5.32 Å². The van der Waals surface area contributed by atoms with Crippen LogP contribution in [0.25, 0.3) is 0 Å². The Morgan fingerprint density at radius 2 is 1.88 bits per heavy atom. The monoisotopic (exact) mass is 239 g/mol. The van der Waals surface area contributed by atoms with Crippen LogP contribution in [0.3, 0.4) is 0 Å². The Labute approximate surface area is 97.6 Å². The molecule has 0 heterocycles. The van der Waals surface area contributed by atoms with Crippen molar-refractivity contribution in [3.8, 4) is 0 Å². The van der Waals surface area contributed by atoms with Gasteiger partial charge in [0.15, 0.2) is 0 Å². The number of benzene rings is 1. The zero-order chi connectivity index (χ0) is 12.1. The first-order chi connectivity index (χ1) is 7.50. The summed E-state index contributed by atoms with van der Waals surface area (Å²) in [5, 5.41) is 2.35. The highest BCUT2D eigenvalue weighted by atomic mass is 35.5. The molecule has 1 N–H and O–H groups in total. The molecule has 16 heavy (non-hydrogen) atoms. The fraction of sp³-hybridized carbons (Fsp3) is 0.182. The van der Waals surface area contributed by atoms with Crippen LogP contribution in [0.1, 0.15) is 23.7 Å². The first-order valence-electron chi connectivity index (χ1n) is 4.59. The lowest BCUT2D eigenvalue weighted by molar-refractivity contribution is -0.126. The van der Waals surface area contributed by atoms with Gasteiger partial charge in [0.25, 0.3) is 5.91 Å². The summed E-state index contributed by atoms with van der Waals surface area (Å²) in [5.74, 6) is -1.53. The second kappa shape index (κ2) is 5.42. The van der Waals surface area contributed by atoms with E-state index in [0.717, 1.165) is 0 Å². The fourth-order valence-electron chi connectivity index (χ4n) is 1.11. The van der Waals surface area contributed by atoms with E-state index in [1.807, 2.05) is 0 Å². The normalized spacial score (nSPS) is 9.62. The first-order valence-corrected chi connectivity index (χ1v) is 4.96. The molecule has 0 fully saturated rings. The molecule has 0 aliphatic heterocycles. The number of halogens is 1. The molecule has 1 rings (SSSR count). The van der Waals surface area contributed by atoms with Crippen LogP contribution >= 0.6 is 11.6 Å². The summed E-state index contributed by atoms with van der Waals surface area (Å²) in [6, 6.07) is 6.36. The van der Waals surface area contributed by atoms with Gasteiger partial charge in [-0.3, -0.25) is 19.7 Å². The van der Waals surface area contributed by atoms with Gasteiger partial charge < -0.3 is 0 Å². The van der Waals surface area contributed by atoms with E-state index in [1.54, 1.807) is 18.2 Å². The number of rotatable bonds is 3. The average molecular weight is 240 g/mol. The number of imide groups is 1. The third-order valence-electron chi connectivity index (χ3n) is 1.78. The predicted molar refractivity (Wildman–Crippen MR) is 59.2 cm³/mol. The summed E-state index contributed by atoms with van der Waals surface area (Å²) in [7, 11) is 0. The molecule has 0 unspecified atom stereocenters. The summed E-state index contributed by atoms with van der Waals surface area (Å²) in [6.45, 7) is 1.28. The second-order valence-electron chi connectivity index (χ2n) is 3.24. The predicted octanol–water partition coefficient (Wildman–Crippen LogP) is 1.58. The number of nitrogens with one attached hydrogen (secondary N) is 1. The lowest BCUT2D eigenvalue weighted by Gasteiger charge is -2.04. The van der Waals surface area contributed by atoms with Crippen molar-refractivity contribution in [2.45, 2.75) is 13.3 Å². The molecule has 0 aliphatic rings. The second-order valence-corrected chi connectivity index (χ2v) is 3.64. The van der Waals surface area contributed by atoms with Crippen LogP contribution in [-0.2, 0) is 9.59 Å². The number of Topliss-reactive ketones (excluding diaryl/α,β-unsaturated/α-hetero) is 1. The van der Waals surface area contributed by atoms with Gasteiger partial charge in [-0.05, 0) is 19.1 Å². The third kappa shape index (κ3) is 3.47. The van der Waals surface area contributed by atoms with Crippen molar-refractivity contribution in [3.63, 3.8) is 0 Å². The van der Waals surface area contributed by atoms with Crippen LogP contribution < -0.4 is 5.32 Å². The van der Waals surface area contributed by atoms with Gasteiger partial charge in [0.1, 0.15) is 5.78 Å². The fourth-order valence-corrected chi connectivity index (χ4v) is 1.33.